The fraction of sp³-hybridized carbons (Fsp3) is 0.696. The number of rotatable bonds is 6. The molecule has 0 amide bonds. The number of hydrogen-bond donors (Lipinski definition) is 0. The van der Waals surface area contributed by atoms with E-state index in [-0.39, 0.29) is 34.8 Å². The van der Waals surface area contributed by atoms with Crippen molar-refractivity contribution in [1.82, 2.24) is 0 Å². The van der Waals surface area contributed by atoms with Gasteiger partial charge in [-0.15, -0.1) is 0 Å². The molecule has 5 heteroatoms. The molecule has 2 aliphatic carbocycles. The molecule has 0 spiro atoms. The van der Waals surface area contributed by atoms with Gasteiger partial charge in [0.2, 0.25) is 0 Å². The lowest BCUT2D eigenvalue weighted by Gasteiger charge is -2.56. The highest BCUT2D eigenvalue weighted by Crippen LogP contribution is 2.64. The Morgan fingerprint density at radius 2 is 1.89 bits per heavy atom. The normalized spacial score (nSPS) is 35.4. The minimum Gasteiger partial charge on any atom is -0.466 e. The molecule has 0 unspecified atom stereocenters. The summed E-state index contributed by atoms with van der Waals surface area (Å²) in [5.74, 6) is -0.158. The van der Waals surface area contributed by atoms with Crippen molar-refractivity contribution in [3.8, 4) is 0 Å². The van der Waals surface area contributed by atoms with Crippen molar-refractivity contribution in [2.24, 2.45) is 22.7 Å². The van der Waals surface area contributed by atoms with Gasteiger partial charge in [-0.2, -0.15) is 0 Å². The molecule has 0 radical (unpaired) electrons. The summed E-state index contributed by atoms with van der Waals surface area (Å²) in [4.78, 5) is 35.0. The molecule has 0 heterocycles. The van der Waals surface area contributed by atoms with E-state index >= 15 is 0 Å². The minimum absolute atomic E-state index is 0.135. The van der Waals surface area contributed by atoms with Gasteiger partial charge in [0, 0.05) is 13.0 Å². The number of methoxy groups -OCH3 is 1. The van der Waals surface area contributed by atoms with Gasteiger partial charge in [0.25, 0.3) is 0 Å². The van der Waals surface area contributed by atoms with Gasteiger partial charge in [0.05, 0.1) is 7.11 Å². The molecule has 0 bridgehead atoms. The van der Waals surface area contributed by atoms with Gasteiger partial charge in [-0.1, -0.05) is 31.9 Å². The summed E-state index contributed by atoms with van der Waals surface area (Å²) in [6, 6.07) is 0. The largest absolute Gasteiger partial charge is 0.466 e. The van der Waals surface area contributed by atoms with Crippen molar-refractivity contribution in [2.45, 2.75) is 73.3 Å². The van der Waals surface area contributed by atoms with E-state index in [4.69, 9.17) is 9.47 Å². The molecule has 156 valence electrons. The van der Waals surface area contributed by atoms with Crippen molar-refractivity contribution >= 4 is 18.2 Å². The molecule has 0 aromatic heterocycles. The van der Waals surface area contributed by atoms with Gasteiger partial charge in [0.15, 0.2) is 0 Å². The summed E-state index contributed by atoms with van der Waals surface area (Å²) >= 11 is 0. The van der Waals surface area contributed by atoms with Crippen LogP contribution < -0.4 is 0 Å². The molecular formula is C23H34O5. The van der Waals surface area contributed by atoms with E-state index in [0.29, 0.717) is 5.92 Å². The minimum atomic E-state index is -0.344. The summed E-state index contributed by atoms with van der Waals surface area (Å²) < 4.78 is 10.5. The van der Waals surface area contributed by atoms with E-state index < -0.39 is 0 Å². The Hall–Kier alpha value is -1.91. The van der Waals surface area contributed by atoms with Gasteiger partial charge in [-0.25, -0.2) is 4.79 Å². The standard InChI is InChI=1S/C23H34O5/c1-14(10-21(26)27-7)8-9-22(5)16(3)19(28-17(4)25)12-23(6)15(2)18(13-24)11-20(22)23/h10,13,16,19-20H,8-9,11-12H2,1-7H3/b14-10+/t16-,19-,20-,22+,23+/m1/s1. The lowest BCUT2D eigenvalue weighted by Crippen LogP contribution is -2.53. The Kier molecular flexibility index (Phi) is 6.57. The Morgan fingerprint density at radius 1 is 1.25 bits per heavy atom. The Bertz CT molecular complexity index is 719. The molecule has 0 aliphatic heterocycles. The number of ether oxygens (including phenoxy) is 2. The molecule has 0 aromatic carbocycles. The Balaban J connectivity index is 2.38. The SMILES string of the molecule is COC(=O)/C=C(\C)CC[C@@]1(C)[C@H](C)[C@H](OC(C)=O)C[C@@]2(C)C(C)=C(C=O)C[C@H]12. The first-order valence-electron chi connectivity index (χ1n) is 10.1. The van der Waals surface area contributed by atoms with Gasteiger partial charge in [-0.05, 0) is 67.8 Å². The van der Waals surface area contributed by atoms with E-state index in [0.717, 1.165) is 48.7 Å². The molecule has 0 aromatic rings. The summed E-state index contributed by atoms with van der Waals surface area (Å²) in [6.45, 7) is 12.1. The van der Waals surface area contributed by atoms with E-state index in [2.05, 4.69) is 20.8 Å². The summed E-state index contributed by atoms with van der Waals surface area (Å²) in [7, 11) is 1.37. The molecule has 1 saturated carbocycles. The predicted molar refractivity (Wildman–Crippen MR) is 107 cm³/mol. The van der Waals surface area contributed by atoms with E-state index in [9.17, 15) is 14.4 Å². The van der Waals surface area contributed by atoms with Crippen LogP contribution in [0.3, 0.4) is 0 Å². The van der Waals surface area contributed by atoms with Crippen molar-refractivity contribution in [3.63, 3.8) is 0 Å². The average molecular weight is 391 g/mol. The Morgan fingerprint density at radius 3 is 2.43 bits per heavy atom. The van der Waals surface area contributed by atoms with Crippen LogP contribution in [0.2, 0.25) is 0 Å². The first-order valence-corrected chi connectivity index (χ1v) is 10.1. The van der Waals surface area contributed by atoms with E-state index in [1.807, 2.05) is 13.8 Å². The second-order valence-electron chi connectivity index (χ2n) is 9.10. The first-order chi connectivity index (χ1) is 13.0. The number of fused-ring (bicyclic) bond motifs is 1. The average Bonchev–Trinajstić information content (AvgIpc) is 2.89. The number of carbonyl (C=O) groups excluding carboxylic acids is 3. The summed E-state index contributed by atoms with van der Waals surface area (Å²) in [5.41, 5.74) is 2.68. The van der Waals surface area contributed by atoms with Crippen LogP contribution in [0.15, 0.2) is 22.8 Å². The first kappa shape index (κ1) is 22.4. The number of aldehydes is 1. The van der Waals surface area contributed by atoms with Crippen molar-refractivity contribution in [1.29, 1.82) is 0 Å². The zero-order valence-electron chi connectivity index (χ0n) is 18.3. The lowest BCUT2D eigenvalue weighted by atomic mass is 9.49. The topological polar surface area (TPSA) is 69.7 Å². The van der Waals surface area contributed by atoms with Crippen molar-refractivity contribution < 1.29 is 23.9 Å². The molecule has 1 fully saturated rings. The Labute approximate surface area is 168 Å². The van der Waals surface area contributed by atoms with Gasteiger partial charge in [-0.3, -0.25) is 9.59 Å². The molecule has 5 nitrogen and oxygen atoms in total. The third-order valence-corrected chi connectivity index (χ3v) is 7.63. The second-order valence-corrected chi connectivity index (χ2v) is 9.10. The van der Waals surface area contributed by atoms with Crippen LogP contribution in [-0.4, -0.2) is 31.4 Å². The fourth-order valence-corrected chi connectivity index (χ4v) is 5.51. The summed E-state index contributed by atoms with van der Waals surface area (Å²) in [5, 5.41) is 0. The molecular weight excluding hydrogens is 356 g/mol. The fourth-order valence-electron chi connectivity index (χ4n) is 5.51. The molecule has 28 heavy (non-hydrogen) atoms. The molecule has 5 atom stereocenters. The smallest absolute Gasteiger partial charge is 0.330 e. The van der Waals surface area contributed by atoms with Crippen LogP contribution in [0, 0.1) is 22.7 Å². The highest BCUT2D eigenvalue weighted by atomic mass is 16.5. The zero-order valence-corrected chi connectivity index (χ0v) is 18.3. The lowest BCUT2D eigenvalue weighted by molar-refractivity contribution is -0.166. The van der Waals surface area contributed by atoms with Crippen LogP contribution in [-0.2, 0) is 23.9 Å². The molecule has 2 aliphatic rings. The van der Waals surface area contributed by atoms with Crippen LogP contribution in [0.25, 0.3) is 0 Å². The maximum atomic E-state index is 11.7. The van der Waals surface area contributed by atoms with Crippen LogP contribution in [0.5, 0.6) is 0 Å². The molecule has 2 rings (SSSR count). The zero-order chi connectivity index (χ0) is 21.3. The van der Waals surface area contributed by atoms with Crippen LogP contribution in [0.1, 0.15) is 67.2 Å². The number of esters is 2. The molecule has 0 N–H and O–H groups in total. The summed E-state index contributed by atoms with van der Waals surface area (Å²) in [6.07, 6.45) is 5.46. The maximum Gasteiger partial charge on any atom is 0.330 e. The van der Waals surface area contributed by atoms with Crippen LogP contribution >= 0.6 is 0 Å². The van der Waals surface area contributed by atoms with Crippen molar-refractivity contribution in [3.05, 3.63) is 22.8 Å². The number of allylic oxidation sites excluding steroid dienone is 3. The van der Waals surface area contributed by atoms with E-state index in [1.165, 1.54) is 20.1 Å². The third-order valence-electron chi connectivity index (χ3n) is 7.63. The highest BCUT2D eigenvalue weighted by molar-refractivity contribution is 5.82. The number of hydrogen-bond acceptors (Lipinski definition) is 5. The van der Waals surface area contributed by atoms with Gasteiger partial charge < -0.3 is 9.47 Å². The number of carbonyl (C=O) groups is 3. The van der Waals surface area contributed by atoms with Gasteiger partial charge in [0.1, 0.15) is 12.4 Å². The predicted octanol–water partition coefficient (Wildman–Crippen LogP) is 4.41. The monoisotopic (exact) mass is 390 g/mol. The van der Waals surface area contributed by atoms with Gasteiger partial charge >= 0.3 is 11.9 Å². The molecule has 0 saturated heterocycles. The van der Waals surface area contributed by atoms with E-state index in [1.54, 1.807) is 0 Å². The quantitative estimate of drug-likeness (QED) is 0.382. The maximum absolute atomic E-state index is 11.7. The van der Waals surface area contributed by atoms with Crippen LogP contribution in [0.4, 0.5) is 0 Å². The second kappa shape index (κ2) is 8.22. The van der Waals surface area contributed by atoms with Crippen molar-refractivity contribution in [2.75, 3.05) is 7.11 Å². The third kappa shape index (κ3) is 3.94. The highest BCUT2D eigenvalue weighted by Gasteiger charge is 2.59.